The largest absolute Gasteiger partial charge is 0.356 e. The van der Waals surface area contributed by atoms with Gasteiger partial charge in [0.15, 0.2) is 0 Å². The second-order valence-electron chi connectivity index (χ2n) is 7.11. The lowest BCUT2D eigenvalue weighted by molar-refractivity contribution is -0.126. The Kier molecular flexibility index (Phi) is 7.60. The topological polar surface area (TPSA) is 104 Å². The highest BCUT2D eigenvalue weighted by Crippen LogP contribution is 2.25. The predicted octanol–water partition coefficient (Wildman–Crippen LogP) is 1.25. The molecule has 0 aromatic heterocycles. The first-order valence-electron chi connectivity index (χ1n) is 9.41. The van der Waals surface area contributed by atoms with E-state index in [1.807, 2.05) is 6.92 Å². The summed E-state index contributed by atoms with van der Waals surface area (Å²) in [5.74, 6) is -0.477. The summed E-state index contributed by atoms with van der Waals surface area (Å²) >= 11 is 0. The molecule has 1 aliphatic rings. The molecule has 10 heteroatoms. The number of hydrogen-bond acceptors (Lipinski definition) is 5. The van der Waals surface area contributed by atoms with Crippen LogP contribution >= 0.6 is 0 Å². The average molecular weight is 432 g/mol. The molecule has 1 amide bonds. The van der Waals surface area contributed by atoms with Gasteiger partial charge in [0.05, 0.1) is 15.7 Å². The maximum absolute atomic E-state index is 12.9. The van der Waals surface area contributed by atoms with Crippen LogP contribution < -0.4 is 5.32 Å². The van der Waals surface area contributed by atoms with Crippen molar-refractivity contribution in [3.8, 4) is 0 Å². The number of unbranched alkanes of at least 4 members (excludes halogenated alkanes) is 1. The van der Waals surface area contributed by atoms with Crippen molar-refractivity contribution in [2.45, 2.75) is 42.4 Å². The summed E-state index contributed by atoms with van der Waals surface area (Å²) in [5, 5.41) is 2.87. The van der Waals surface area contributed by atoms with E-state index < -0.39 is 20.0 Å². The van der Waals surface area contributed by atoms with E-state index in [1.165, 1.54) is 42.7 Å². The number of nitrogens with zero attached hydrogens (tertiary/aromatic N) is 2. The van der Waals surface area contributed by atoms with E-state index in [1.54, 1.807) is 0 Å². The molecule has 1 aliphatic heterocycles. The molecule has 1 aromatic rings. The zero-order valence-electron chi connectivity index (χ0n) is 16.6. The van der Waals surface area contributed by atoms with Crippen LogP contribution in [0.4, 0.5) is 0 Å². The summed E-state index contributed by atoms with van der Waals surface area (Å²) in [6.07, 6.45) is 3.13. The van der Waals surface area contributed by atoms with Crippen molar-refractivity contribution in [1.82, 2.24) is 13.9 Å². The van der Waals surface area contributed by atoms with E-state index in [4.69, 9.17) is 0 Å². The van der Waals surface area contributed by atoms with Gasteiger partial charge in [0, 0.05) is 33.7 Å². The van der Waals surface area contributed by atoms with E-state index in [2.05, 4.69) is 5.32 Å². The van der Waals surface area contributed by atoms with Crippen molar-refractivity contribution in [2.75, 3.05) is 33.7 Å². The van der Waals surface area contributed by atoms with Crippen molar-refractivity contribution in [3.63, 3.8) is 0 Å². The lowest BCUT2D eigenvalue weighted by Crippen LogP contribution is -2.45. The summed E-state index contributed by atoms with van der Waals surface area (Å²) in [4.78, 5) is 12.4. The van der Waals surface area contributed by atoms with Crippen molar-refractivity contribution >= 4 is 26.0 Å². The molecule has 1 N–H and O–H groups in total. The van der Waals surface area contributed by atoms with Gasteiger partial charge < -0.3 is 5.32 Å². The Morgan fingerprint density at radius 1 is 1.14 bits per heavy atom. The van der Waals surface area contributed by atoms with Gasteiger partial charge in [0.25, 0.3) is 0 Å². The third-order valence-electron chi connectivity index (χ3n) is 4.82. The smallest absolute Gasteiger partial charge is 0.243 e. The minimum Gasteiger partial charge on any atom is -0.356 e. The van der Waals surface area contributed by atoms with Crippen molar-refractivity contribution in [2.24, 2.45) is 5.92 Å². The molecule has 158 valence electrons. The molecular formula is C18H29N3O5S2. The number of nitrogens with one attached hydrogen (secondary N) is 1. The molecule has 28 heavy (non-hydrogen) atoms. The maximum Gasteiger partial charge on any atom is 0.243 e. The number of amides is 1. The lowest BCUT2D eigenvalue weighted by atomic mass is 9.99. The molecule has 0 bridgehead atoms. The zero-order valence-corrected chi connectivity index (χ0v) is 18.2. The van der Waals surface area contributed by atoms with E-state index in [9.17, 15) is 21.6 Å². The fourth-order valence-corrected chi connectivity index (χ4v) is 5.48. The highest BCUT2D eigenvalue weighted by Gasteiger charge is 2.33. The predicted molar refractivity (Wildman–Crippen MR) is 107 cm³/mol. The number of carbonyl (C=O) groups is 1. The molecule has 0 spiro atoms. The van der Waals surface area contributed by atoms with Crippen LogP contribution in [0.25, 0.3) is 0 Å². The van der Waals surface area contributed by atoms with Crippen molar-refractivity contribution in [3.05, 3.63) is 24.3 Å². The minimum absolute atomic E-state index is 0.0252. The van der Waals surface area contributed by atoms with Crippen LogP contribution in [0.5, 0.6) is 0 Å². The molecule has 0 aliphatic carbocycles. The van der Waals surface area contributed by atoms with Crippen LogP contribution in [-0.2, 0) is 24.8 Å². The number of carbonyl (C=O) groups excluding carboxylic acids is 1. The summed E-state index contributed by atoms with van der Waals surface area (Å²) in [7, 11) is -4.58. The lowest BCUT2D eigenvalue weighted by Gasteiger charge is -2.31. The molecule has 0 unspecified atom stereocenters. The van der Waals surface area contributed by atoms with Gasteiger partial charge in [0.1, 0.15) is 0 Å². The summed E-state index contributed by atoms with van der Waals surface area (Å²) in [6.45, 7) is 3.12. The number of hydrogen-bond donors (Lipinski definition) is 1. The first kappa shape index (κ1) is 22.8. The average Bonchev–Trinajstić information content (AvgIpc) is 2.68. The molecule has 1 aromatic carbocycles. The third kappa shape index (κ3) is 5.11. The quantitative estimate of drug-likeness (QED) is 0.624. The van der Waals surface area contributed by atoms with Crippen molar-refractivity contribution < 1.29 is 21.6 Å². The van der Waals surface area contributed by atoms with E-state index in [-0.39, 0.29) is 28.2 Å². The van der Waals surface area contributed by atoms with E-state index in [0.29, 0.717) is 25.9 Å². The number of benzene rings is 1. The Labute approximate surface area is 168 Å². The molecule has 1 saturated heterocycles. The maximum atomic E-state index is 12.9. The zero-order chi connectivity index (χ0) is 20.9. The SMILES string of the molecule is CCCCNC(=O)[C@@H]1CCCN(S(=O)(=O)c2ccc(S(=O)(=O)N(C)C)cc2)C1. The second kappa shape index (κ2) is 9.34. The Balaban J connectivity index is 2.14. The normalized spacial score (nSPS) is 18.9. The van der Waals surface area contributed by atoms with Crippen LogP contribution in [0.3, 0.4) is 0 Å². The van der Waals surface area contributed by atoms with Gasteiger partial charge in [-0.25, -0.2) is 21.1 Å². The Morgan fingerprint density at radius 3 is 2.32 bits per heavy atom. The first-order valence-corrected chi connectivity index (χ1v) is 12.3. The summed E-state index contributed by atoms with van der Waals surface area (Å²) in [6, 6.07) is 5.19. The molecule has 8 nitrogen and oxygen atoms in total. The number of piperidine rings is 1. The fraction of sp³-hybridized carbons (Fsp3) is 0.611. The standard InChI is InChI=1S/C18H29N3O5S2/c1-4-5-12-19-18(22)15-7-6-13-21(14-15)28(25,26)17-10-8-16(9-11-17)27(23,24)20(2)3/h8-11,15H,4-7,12-14H2,1-3H3,(H,19,22)/t15-/m1/s1. The highest BCUT2D eigenvalue weighted by molar-refractivity contribution is 7.89. The molecule has 0 saturated carbocycles. The molecule has 1 heterocycles. The molecule has 0 radical (unpaired) electrons. The second-order valence-corrected chi connectivity index (χ2v) is 11.2. The van der Waals surface area contributed by atoms with Gasteiger partial charge in [-0.3, -0.25) is 4.79 Å². The van der Waals surface area contributed by atoms with Gasteiger partial charge >= 0.3 is 0 Å². The first-order chi connectivity index (χ1) is 13.1. The van der Waals surface area contributed by atoms with Gasteiger partial charge in [-0.05, 0) is 43.5 Å². The van der Waals surface area contributed by atoms with Gasteiger partial charge in [-0.1, -0.05) is 13.3 Å². The molecule has 1 fully saturated rings. The van der Waals surface area contributed by atoms with Crippen LogP contribution in [0.15, 0.2) is 34.1 Å². The van der Waals surface area contributed by atoms with Gasteiger partial charge in [0.2, 0.25) is 26.0 Å². The van der Waals surface area contributed by atoms with Crippen LogP contribution in [0.2, 0.25) is 0 Å². The Morgan fingerprint density at radius 2 is 1.75 bits per heavy atom. The fourth-order valence-electron chi connectivity index (χ4n) is 3.05. The molecular weight excluding hydrogens is 402 g/mol. The van der Waals surface area contributed by atoms with Gasteiger partial charge in [-0.2, -0.15) is 4.31 Å². The van der Waals surface area contributed by atoms with Crippen LogP contribution in [0.1, 0.15) is 32.6 Å². The molecule has 1 atom stereocenters. The summed E-state index contributed by atoms with van der Waals surface area (Å²) < 4.78 is 52.6. The third-order valence-corrected chi connectivity index (χ3v) is 8.53. The van der Waals surface area contributed by atoms with E-state index in [0.717, 1.165) is 17.1 Å². The Hall–Kier alpha value is -1.49. The summed E-state index contributed by atoms with van der Waals surface area (Å²) in [5.41, 5.74) is 0. The van der Waals surface area contributed by atoms with E-state index >= 15 is 0 Å². The number of sulfonamides is 2. The van der Waals surface area contributed by atoms with Gasteiger partial charge in [-0.15, -0.1) is 0 Å². The van der Waals surface area contributed by atoms with Crippen molar-refractivity contribution in [1.29, 1.82) is 0 Å². The van der Waals surface area contributed by atoms with Crippen LogP contribution in [0, 0.1) is 5.92 Å². The number of rotatable bonds is 8. The molecule has 2 rings (SSSR count). The highest BCUT2D eigenvalue weighted by atomic mass is 32.2. The minimum atomic E-state index is -3.79. The monoisotopic (exact) mass is 431 g/mol. The Bertz CT molecular complexity index is 880. The van der Waals surface area contributed by atoms with Crippen LogP contribution in [-0.4, -0.2) is 65.1 Å².